The van der Waals surface area contributed by atoms with Crippen molar-refractivity contribution < 1.29 is 0 Å². The van der Waals surface area contributed by atoms with Crippen molar-refractivity contribution in [3.8, 4) is 0 Å². The van der Waals surface area contributed by atoms with Crippen molar-refractivity contribution in [3.63, 3.8) is 0 Å². The maximum absolute atomic E-state index is 5.85. The van der Waals surface area contributed by atoms with E-state index in [-0.39, 0.29) is 3.78 Å². The van der Waals surface area contributed by atoms with Gasteiger partial charge in [0.1, 0.15) is 3.78 Å². The van der Waals surface area contributed by atoms with Crippen LogP contribution in [0.3, 0.4) is 0 Å². The zero-order valence-electron chi connectivity index (χ0n) is 4.46. The largest absolute Gasteiger partial charge is 0.106 e. The molecule has 0 aliphatic heterocycles. The quantitative estimate of drug-likeness (QED) is 0.507. The van der Waals surface area contributed by atoms with Crippen molar-refractivity contribution in [1.29, 1.82) is 0 Å². The lowest BCUT2D eigenvalue weighted by atomic mass is 10.2. The minimum Gasteiger partial charge on any atom is -0.106 e. The first-order valence-corrected chi connectivity index (χ1v) is 3.51. The van der Waals surface area contributed by atoms with E-state index in [2.05, 4.69) is 29.8 Å². The molecule has 0 aromatic rings. The first-order valence-electron chi connectivity index (χ1n) is 2.34. The third-order valence-electron chi connectivity index (χ3n) is 1.53. The number of hydrogen-bond donors (Lipinski definition) is 0. The molecule has 0 N–H and O–H groups in total. The van der Waals surface area contributed by atoms with Gasteiger partial charge in [-0.3, -0.25) is 0 Å². The van der Waals surface area contributed by atoms with Gasteiger partial charge in [0.05, 0.1) is 0 Å². The second-order valence-corrected chi connectivity index (χ2v) is 5.22. The van der Waals surface area contributed by atoms with Gasteiger partial charge in [-0.25, -0.2) is 0 Å². The smallest absolute Gasteiger partial charge is 0.105 e. The van der Waals surface area contributed by atoms with Crippen LogP contribution in [0.2, 0.25) is 0 Å². The molecule has 0 bridgehead atoms. The molecule has 1 fully saturated rings. The summed E-state index contributed by atoms with van der Waals surface area (Å²) in [5, 5.41) is 0. The Morgan fingerprint density at radius 1 is 1.57 bits per heavy atom. The summed E-state index contributed by atoms with van der Waals surface area (Å²) in [5.74, 6) is 0. The molecule has 1 aliphatic rings. The third-order valence-corrected chi connectivity index (χ3v) is 3.53. The van der Waals surface area contributed by atoms with Gasteiger partial charge in [-0.1, -0.05) is 29.8 Å². The number of halogens is 2. The molecule has 1 rings (SSSR count). The minimum absolute atomic E-state index is 0.0694. The highest BCUT2D eigenvalue weighted by Gasteiger charge is 2.58. The van der Waals surface area contributed by atoms with Crippen molar-refractivity contribution in [2.24, 2.45) is 5.41 Å². The van der Waals surface area contributed by atoms with E-state index >= 15 is 0 Å². The third kappa shape index (κ3) is 0.812. The van der Waals surface area contributed by atoms with E-state index in [1.807, 2.05) is 0 Å². The van der Waals surface area contributed by atoms with Crippen LogP contribution in [0.1, 0.15) is 20.3 Å². The molecule has 0 saturated heterocycles. The summed E-state index contributed by atoms with van der Waals surface area (Å²) >= 11 is 9.22. The Hall–Kier alpha value is 0.770. The van der Waals surface area contributed by atoms with Crippen molar-refractivity contribution in [3.05, 3.63) is 0 Å². The molecule has 0 nitrogen and oxygen atoms in total. The molecule has 7 heavy (non-hydrogen) atoms. The molecular weight excluding hydrogens is 175 g/mol. The van der Waals surface area contributed by atoms with Crippen molar-refractivity contribution in [2.75, 3.05) is 0 Å². The highest BCUT2D eigenvalue weighted by atomic mass is 79.9. The average molecular weight is 183 g/mol. The first kappa shape index (κ1) is 5.90. The summed E-state index contributed by atoms with van der Waals surface area (Å²) in [6.07, 6.45) is 1.08. The van der Waals surface area contributed by atoms with Gasteiger partial charge in [0, 0.05) is 0 Å². The fourth-order valence-corrected chi connectivity index (χ4v) is 1.55. The van der Waals surface area contributed by atoms with Gasteiger partial charge in [0.2, 0.25) is 0 Å². The molecule has 0 aromatic carbocycles. The van der Waals surface area contributed by atoms with Gasteiger partial charge < -0.3 is 0 Å². The summed E-state index contributed by atoms with van der Waals surface area (Å²) in [4.78, 5) is 0. The molecule has 2 heteroatoms. The molecule has 0 spiro atoms. The van der Waals surface area contributed by atoms with Crippen LogP contribution in [0.4, 0.5) is 0 Å². The van der Waals surface area contributed by atoms with E-state index < -0.39 is 0 Å². The lowest BCUT2D eigenvalue weighted by Crippen LogP contribution is -1.95. The number of alkyl halides is 2. The van der Waals surface area contributed by atoms with Gasteiger partial charge >= 0.3 is 0 Å². The van der Waals surface area contributed by atoms with E-state index in [4.69, 9.17) is 11.6 Å². The predicted molar refractivity (Wildman–Crippen MR) is 35.9 cm³/mol. The lowest BCUT2D eigenvalue weighted by molar-refractivity contribution is 0.646. The second kappa shape index (κ2) is 1.19. The minimum atomic E-state index is -0.0694. The van der Waals surface area contributed by atoms with Crippen LogP contribution in [0.15, 0.2) is 0 Å². The van der Waals surface area contributed by atoms with Gasteiger partial charge in [0.25, 0.3) is 0 Å². The average Bonchev–Trinajstić information content (AvgIpc) is 1.63. The first-order chi connectivity index (χ1) is 2.96. The van der Waals surface area contributed by atoms with Crippen molar-refractivity contribution in [1.82, 2.24) is 0 Å². The van der Waals surface area contributed by atoms with Crippen LogP contribution in [0, 0.1) is 5.41 Å². The molecule has 0 heterocycles. The summed E-state index contributed by atoms with van der Waals surface area (Å²) in [6.45, 7) is 4.30. The Labute approximate surface area is 57.4 Å². The fraction of sp³-hybridized carbons (Fsp3) is 1.00. The summed E-state index contributed by atoms with van der Waals surface area (Å²) in [6, 6.07) is 0. The standard InChI is InChI=1S/C5H8BrCl/c1-4(2)3-5(4,6)7/h3H2,1-2H3. The Morgan fingerprint density at radius 2 is 1.71 bits per heavy atom. The Kier molecular flexibility index (Phi) is 1.00. The van der Waals surface area contributed by atoms with E-state index in [9.17, 15) is 0 Å². The summed E-state index contributed by atoms with van der Waals surface area (Å²) in [5.41, 5.74) is 0.328. The molecule has 0 amide bonds. The van der Waals surface area contributed by atoms with Crippen LogP contribution in [-0.2, 0) is 0 Å². The normalized spacial score (nSPS) is 46.3. The lowest BCUT2D eigenvalue weighted by Gasteiger charge is -1.99. The molecule has 0 aromatic heterocycles. The van der Waals surface area contributed by atoms with E-state index in [1.165, 1.54) is 0 Å². The predicted octanol–water partition coefficient (Wildman–Crippen LogP) is 2.75. The summed E-state index contributed by atoms with van der Waals surface area (Å²) < 4.78 is -0.0694. The zero-order valence-corrected chi connectivity index (χ0v) is 6.80. The van der Waals surface area contributed by atoms with Gasteiger partial charge in [-0.15, -0.1) is 11.6 Å². The molecule has 1 aliphatic carbocycles. The van der Waals surface area contributed by atoms with Crippen LogP contribution in [0.25, 0.3) is 0 Å². The maximum atomic E-state index is 5.85. The van der Waals surface area contributed by atoms with Gasteiger partial charge in [-0.05, 0) is 11.8 Å². The van der Waals surface area contributed by atoms with Crippen LogP contribution in [0.5, 0.6) is 0 Å². The topological polar surface area (TPSA) is 0 Å². The number of hydrogen-bond acceptors (Lipinski definition) is 0. The summed E-state index contributed by atoms with van der Waals surface area (Å²) in [7, 11) is 0. The van der Waals surface area contributed by atoms with Crippen LogP contribution in [-0.4, -0.2) is 3.78 Å². The van der Waals surface area contributed by atoms with E-state index in [1.54, 1.807) is 0 Å². The van der Waals surface area contributed by atoms with Gasteiger partial charge in [0.15, 0.2) is 0 Å². The molecule has 42 valence electrons. The van der Waals surface area contributed by atoms with Crippen molar-refractivity contribution in [2.45, 2.75) is 24.1 Å². The SMILES string of the molecule is CC1(C)CC1(Cl)Br. The fourth-order valence-electron chi connectivity index (χ4n) is 0.511. The van der Waals surface area contributed by atoms with E-state index in [0.29, 0.717) is 5.41 Å². The Balaban J connectivity index is 2.59. The zero-order chi connectivity index (χ0) is 5.71. The Bertz CT molecular complexity index is 84.3. The highest BCUT2D eigenvalue weighted by molar-refractivity contribution is 9.10. The molecule has 1 saturated carbocycles. The van der Waals surface area contributed by atoms with E-state index in [0.717, 1.165) is 6.42 Å². The molecule has 1 atom stereocenters. The molecular formula is C5H8BrCl. The maximum Gasteiger partial charge on any atom is 0.105 e. The molecule has 0 radical (unpaired) electrons. The van der Waals surface area contributed by atoms with Gasteiger partial charge in [-0.2, -0.15) is 0 Å². The molecule has 1 unspecified atom stereocenters. The second-order valence-electron chi connectivity index (χ2n) is 2.77. The Morgan fingerprint density at radius 3 is 1.71 bits per heavy atom. The number of rotatable bonds is 0. The highest BCUT2D eigenvalue weighted by Crippen LogP contribution is 2.64. The van der Waals surface area contributed by atoms with Crippen LogP contribution >= 0.6 is 27.5 Å². The van der Waals surface area contributed by atoms with Crippen molar-refractivity contribution >= 4 is 27.5 Å². The van der Waals surface area contributed by atoms with Crippen LogP contribution < -0.4 is 0 Å². The monoisotopic (exact) mass is 182 g/mol.